The van der Waals surface area contributed by atoms with Crippen molar-refractivity contribution in [1.29, 1.82) is 0 Å². The van der Waals surface area contributed by atoms with E-state index in [0.29, 0.717) is 21.5 Å². The first-order chi connectivity index (χ1) is 15.3. The highest BCUT2D eigenvalue weighted by Crippen LogP contribution is 2.28. The van der Waals surface area contributed by atoms with Crippen molar-refractivity contribution in [3.63, 3.8) is 0 Å². The van der Waals surface area contributed by atoms with Crippen LogP contribution < -0.4 is 5.32 Å². The van der Waals surface area contributed by atoms with Gasteiger partial charge in [0.2, 0.25) is 5.91 Å². The standard InChI is InChI=1S/C24H20ClFN2O3S/c25-21-7-3-1-5-18(21)13-27-24(29)15-28-14-23(20-6-2-4-8-22(20)28)32(30,31)16-17-9-11-19(26)12-10-17/h1-12,14H,13,15-16H2,(H,27,29). The number of carbonyl (C=O) groups excluding carboxylic acids is 1. The number of hydrogen-bond donors (Lipinski definition) is 1. The highest BCUT2D eigenvalue weighted by atomic mass is 35.5. The van der Waals surface area contributed by atoms with Crippen LogP contribution in [0, 0.1) is 5.82 Å². The highest BCUT2D eigenvalue weighted by Gasteiger charge is 2.22. The van der Waals surface area contributed by atoms with Crippen LogP contribution in [0.15, 0.2) is 83.9 Å². The van der Waals surface area contributed by atoms with Crippen molar-refractivity contribution >= 4 is 38.2 Å². The smallest absolute Gasteiger partial charge is 0.240 e. The van der Waals surface area contributed by atoms with Gasteiger partial charge in [-0.1, -0.05) is 60.1 Å². The Morgan fingerprint density at radius 1 is 0.969 bits per heavy atom. The van der Waals surface area contributed by atoms with Gasteiger partial charge in [-0.05, 0) is 35.4 Å². The zero-order valence-corrected chi connectivity index (χ0v) is 18.5. The molecule has 0 radical (unpaired) electrons. The van der Waals surface area contributed by atoms with Crippen molar-refractivity contribution in [3.05, 3.63) is 101 Å². The van der Waals surface area contributed by atoms with Gasteiger partial charge in [0.15, 0.2) is 9.84 Å². The minimum atomic E-state index is -3.72. The molecule has 0 aliphatic rings. The zero-order chi connectivity index (χ0) is 22.7. The predicted octanol–water partition coefficient (Wildman–Crippen LogP) is 4.72. The van der Waals surface area contributed by atoms with Crippen LogP contribution in [0.2, 0.25) is 5.02 Å². The Labute approximate surface area is 190 Å². The molecule has 4 aromatic rings. The molecule has 1 aromatic heterocycles. The second kappa shape index (κ2) is 9.14. The van der Waals surface area contributed by atoms with Gasteiger partial charge < -0.3 is 9.88 Å². The lowest BCUT2D eigenvalue weighted by atomic mass is 10.2. The number of aromatic nitrogens is 1. The van der Waals surface area contributed by atoms with E-state index in [0.717, 1.165) is 5.56 Å². The summed E-state index contributed by atoms with van der Waals surface area (Å²) >= 11 is 6.13. The monoisotopic (exact) mass is 470 g/mol. The summed E-state index contributed by atoms with van der Waals surface area (Å²) < 4.78 is 41.0. The van der Waals surface area contributed by atoms with E-state index < -0.39 is 15.7 Å². The molecule has 5 nitrogen and oxygen atoms in total. The molecule has 0 unspecified atom stereocenters. The Morgan fingerprint density at radius 3 is 2.41 bits per heavy atom. The lowest BCUT2D eigenvalue weighted by molar-refractivity contribution is -0.121. The van der Waals surface area contributed by atoms with Crippen LogP contribution in [0.5, 0.6) is 0 Å². The van der Waals surface area contributed by atoms with Crippen LogP contribution in [0.25, 0.3) is 10.9 Å². The van der Waals surface area contributed by atoms with E-state index >= 15 is 0 Å². The number of sulfone groups is 1. The van der Waals surface area contributed by atoms with Gasteiger partial charge in [-0.2, -0.15) is 0 Å². The van der Waals surface area contributed by atoms with E-state index in [1.807, 2.05) is 18.2 Å². The summed E-state index contributed by atoms with van der Waals surface area (Å²) in [7, 11) is -3.72. The maximum atomic E-state index is 13.2. The van der Waals surface area contributed by atoms with Crippen LogP contribution in [-0.4, -0.2) is 18.9 Å². The van der Waals surface area contributed by atoms with Crippen molar-refractivity contribution in [2.75, 3.05) is 0 Å². The summed E-state index contributed by atoms with van der Waals surface area (Å²) in [5.41, 5.74) is 1.92. The van der Waals surface area contributed by atoms with E-state index in [4.69, 9.17) is 11.6 Å². The highest BCUT2D eigenvalue weighted by molar-refractivity contribution is 7.90. The molecule has 0 spiro atoms. The van der Waals surface area contributed by atoms with E-state index in [9.17, 15) is 17.6 Å². The number of amides is 1. The minimum Gasteiger partial charge on any atom is -0.350 e. The van der Waals surface area contributed by atoms with E-state index in [1.165, 1.54) is 30.5 Å². The number of halogens is 2. The maximum absolute atomic E-state index is 13.2. The van der Waals surface area contributed by atoms with Crippen LogP contribution >= 0.6 is 11.6 Å². The lowest BCUT2D eigenvalue weighted by Gasteiger charge is -2.08. The Balaban J connectivity index is 1.57. The molecule has 1 N–H and O–H groups in total. The maximum Gasteiger partial charge on any atom is 0.240 e. The molecule has 1 amide bonds. The van der Waals surface area contributed by atoms with Gasteiger partial charge >= 0.3 is 0 Å². The average Bonchev–Trinajstić information content (AvgIpc) is 3.14. The second-order valence-electron chi connectivity index (χ2n) is 7.39. The SMILES string of the molecule is O=C(Cn1cc(S(=O)(=O)Cc2ccc(F)cc2)c2ccccc21)NCc1ccccc1Cl. The Kier molecular flexibility index (Phi) is 6.30. The molecule has 4 rings (SSSR count). The van der Waals surface area contributed by atoms with Crippen molar-refractivity contribution in [1.82, 2.24) is 9.88 Å². The second-order valence-corrected chi connectivity index (χ2v) is 9.76. The number of nitrogens with one attached hydrogen (secondary N) is 1. The summed E-state index contributed by atoms with van der Waals surface area (Å²) in [5.74, 6) is -0.960. The molecule has 32 heavy (non-hydrogen) atoms. The number of carbonyl (C=O) groups is 1. The number of rotatable bonds is 7. The lowest BCUT2D eigenvalue weighted by Crippen LogP contribution is -2.27. The fraction of sp³-hybridized carbons (Fsp3) is 0.125. The number of hydrogen-bond acceptors (Lipinski definition) is 3. The first kappa shape index (κ1) is 22.0. The molecule has 0 aliphatic carbocycles. The fourth-order valence-electron chi connectivity index (χ4n) is 3.52. The molecular weight excluding hydrogens is 451 g/mol. The molecule has 3 aromatic carbocycles. The van der Waals surface area contributed by atoms with Crippen molar-refractivity contribution in [3.8, 4) is 0 Å². The molecule has 1 heterocycles. The van der Waals surface area contributed by atoms with Gasteiger partial charge in [0.25, 0.3) is 0 Å². The number of para-hydroxylation sites is 1. The molecule has 0 aliphatic heterocycles. The third kappa shape index (κ3) is 4.84. The molecule has 8 heteroatoms. The largest absolute Gasteiger partial charge is 0.350 e. The topological polar surface area (TPSA) is 68.2 Å². The Bertz CT molecular complexity index is 1380. The predicted molar refractivity (Wildman–Crippen MR) is 123 cm³/mol. The Morgan fingerprint density at radius 2 is 1.66 bits per heavy atom. The normalized spacial score (nSPS) is 11.6. The summed E-state index contributed by atoms with van der Waals surface area (Å²) in [4.78, 5) is 12.7. The molecule has 164 valence electrons. The van der Waals surface area contributed by atoms with Gasteiger partial charge in [-0.25, -0.2) is 12.8 Å². The van der Waals surface area contributed by atoms with Gasteiger partial charge in [-0.15, -0.1) is 0 Å². The van der Waals surface area contributed by atoms with Crippen molar-refractivity contribution in [2.45, 2.75) is 23.7 Å². The third-order valence-corrected chi connectivity index (χ3v) is 7.18. The summed E-state index contributed by atoms with van der Waals surface area (Å²) in [6.07, 6.45) is 1.48. The number of fused-ring (bicyclic) bond motifs is 1. The van der Waals surface area contributed by atoms with Crippen molar-refractivity contribution < 1.29 is 17.6 Å². The van der Waals surface area contributed by atoms with Crippen LogP contribution in [-0.2, 0) is 33.5 Å². The van der Waals surface area contributed by atoms with Gasteiger partial charge in [0.1, 0.15) is 12.4 Å². The number of benzene rings is 3. The molecule has 0 bridgehead atoms. The van der Waals surface area contributed by atoms with E-state index in [2.05, 4.69) is 5.32 Å². The van der Waals surface area contributed by atoms with Crippen molar-refractivity contribution in [2.24, 2.45) is 0 Å². The molecule has 0 atom stereocenters. The summed E-state index contributed by atoms with van der Waals surface area (Å²) in [6.45, 7) is 0.227. The molecular formula is C24H20ClFN2O3S. The Hall–Kier alpha value is -3.16. The first-order valence-electron chi connectivity index (χ1n) is 9.89. The number of nitrogens with zero attached hydrogens (tertiary/aromatic N) is 1. The summed E-state index contributed by atoms with van der Waals surface area (Å²) in [5, 5.41) is 3.92. The van der Waals surface area contributed by atoms with Gasteiger partial charge in [0.05, 0.1) is 10.6 Å². The van der Waals surface area contributed by atoms with Crippen LogP contribution in [0.3, 0.4) is 0 Å². The van der Waals surface area contributed by atoms with E-state index in [1.54, 1.807) is 34.9 Å². The van der Waals surface area contributed by atoms with Crippen LogP contribution in [0.4, 0.5) is 4.39 Å². The summed E-state index contributed by atoms with van der Waals surface area (Å²) in [6, 6.07) is 19.6. The van der Waals surface area contributed by atoms with Gasteiger partial charge in [0, 0.05) is 28.7 Å². The third-order valence-electron chi connectivity index (χ3n) is 5.10. The van der Waals surface area contributed by atoms with E-state index in [-0.39, 0.29) is 29.6 Å². The first-order valence-corrected chi connectivity index (χ1v) is 11.9. The molecule has 0 saturated carbocycles. The van der Waals surface area contributed by atoms with Gasteiger partial charge in [-0.3, -0.25) is 4.79 Å². The zero-order valence-electron chi connectivity index (χ0n) is 17.0. The molecule has 0 saturated heterocycles. The fourth-order valence-corrected chi connectivity index (χ4v) is 5.30. The molecule has 0 fully saturated rings. The minimum absolute atomic E-state index is 0.0446. The van der Waals surface area contributed by atoms with Crippen LogP contribution in [0.1, 0.15) is 11.1 Å². The average molecular weight is 471 g/mol. The quantitative estimate of drug-likeness (QED) is 0.425.